The zero-order valence-corrected chi connectivity index (χ0v) is 13.6. The summed E-state index contributed by atoms with van der Waals surface area (Å²) in [7, 11) is -3.71. The third-order valence-corrected chi connectivity index (χ3v) is 4.16. The molecule has 0 aliphatic rings. The number of hydrogen-bond donors (Lipinski definition) is 2. The van der Waals surface area contributed by atoms with Gasteiger partial charge in [0.25, 0.3) is 0 Å². The van der Waals surface area contributed by atoms with Gasteiger partial charge >= 0.3 is 0 Å². The molecular formula is C16H18N2O4S. The minimum absolute atomic E-state index is 0.0351. The first-order valence-electron chi connectivity index (χ1n) is 6.93. The zero-order chi connectivity index (χ0) is 17.0. The molecule has 0 bridgehead atoms. The van der Waals surface area contributed by atoms with E-state index in [1.165, 1.54) is 18.2 Å². The largest absolute Gasteiger partial charge is 0.462 e. The summed E-state index contributed by atoms with van der Waals surface area (Å²) in [6.07, 6.45) is 2.96. The van der Waals surface area contributed by atoms with Crippen LogP contribution >= 0.6 is 0 Å². The average molecular weight is 334 g/mol. The second-order valence-corrected chi connectivity index (χ2v) is 6.69. The Morgan fingerprint density at radius 2 is 1.87 bits per heavy atom. The summed E-state index contributed by atoms with van der Waals surface area (Å²) >= 11 is 0. The standard InChI is InChI=1S/C16H18N2O4S/c1-11-3-6-14(22-11)7-10-16(19)18-12(2)13-4-8-15(9-5-13)23(17,20)21/h3-10,12H,1-2H3,(H,18,19)(H2,17,20,21)/b10-7+. The molecule has 0 fully saturated rings. The van der Waals surface area contributed by atoms with Crippen molar-refractivity contribution < 1.29 is 17.6 Å². The summed E-state index contributed by atoms with van der Waals surface area (Å²) in [4.78, 5) is 11.9. The first-order valence-corrected chi connectivity index (χ1v) is 8.48. The number of sulfonamides is 1. The lowest BCUT2D eigenvalue weighted by Crippen LogP contribution is -2.24. The summed E-state index contributed by atoms with van der Waals surface area (Å²) < 4.78 is 27.7. The number of carbonyl (C=O) groups is 1. The monoisotopic (exact) mass is 334 g/mol. The highest BCUT2D eigenvalue weighted by Gasteiger charge is 2.11. The summed E-state index contributed by atoms with van der Waals surface area (Å²) in [5, 5.41) is 7.83. The molecule has 1 unspecified atom stereocenters. The summed E-state index contributed by atoms with van der Waals surface area (Å²) in [5.74, 6) is 1.10. The number of aryl methyl sites for hydroxylation is 1. The molecule has 23 heavy (non-hydrogen) atoms. The van der Waals surface area contributed by atoms with Crippen molar-refractivity contribution in [3.05, 3.63) is 59.6 Å². The lowest BCUT2D eigenvalue weighted by molar-refractivity contribution is -0.117. The third kappa shape index (κ3) is 4.80. The van der Waals surface area contributed by atoms with E-state index in [0.717, 1.165) is 11.3 Å². The first kappa shape index (κ1) is 17.0. The van der Waals surface area contributed by atoms with Gasteiger partial charge in [-0.2, -0.15) is 0 Å². The Bertz CT molecular complexity index is 820. The van der Waals surface area contributed by atoms with Crippen LogP contribution in [-0.2, 0) is 14.8 Å². The smallest absolute Gasteiger partial charge is 0.244 e. The molecule has 1 heterocycles. The van der Waals surface area contributed by atoms with E-state index in [0.29, 0.717) is 5.76 Å². The molecule has 0 radical (unpaired) electrons. The quantitative estimate of drug-likeness (QED) is 0.818. The molecule has 7 heteroatoms. The van der Waals surface area contributed by atoms with Crippen LogP contribution in [0.3, 0.4) is 0 Å². The van der Waals surface area contributed by atoms with Crippen LogP contribution in [0.15, 0.2) is 51.8 Å². The zero-order valence-electron chi connectivity index (χ0n) is 12.8. The second-order valence-electron chi connectivity index (χ2n) is 5.13. The van der Waals surface area contributed by atoms with Crippen LogP contribution < -0.4 is 10.5 Å². The number of furan rings is 1. The molecule has 0 aliphatic carbocycles. The Kier molecular flexibility index (Phi) is 5.02. The minimum Gasteiger partial charge on any atom is -0.462 e. The molecule has 1 aromatic carbocycles. The van der Waals surface area contributed by atoms with E-state index < -0.39 is 10.0 Å². The van der Waals surface area contributed by atoms with Gasteiger partial charge in [0.1, 0.15) is 11.5 Å². The van der Waals surface area contributed by atoms with Crippen molar-refractivity contribution >= 4 is 22.0 Å². The van der Waals surface area contributed by atoms with Crippen molar-refractivity contribution in [3.63, 3.8) is 0 Å². The molecule has 1 atom stereocenters. The first-order chi connectivity index (χ1) is 10.8. The summed E-state index contributed by atoms with van der Waals surface area (Å²) in [5.41, 5.74) is 0.771. The predicted molar refractivity (Wildman–Crippen MR) is 86.9 cm³/mol. The number of amides is 1. The molecule has 6 nitrogen and oxygen atoms in total. The lowest BCUT2D eigenvalue weighted by Gasteiger charge is -2.13. The van der Waals surface area contributed by atoms with Crippen molar-refractivity contribution in [2.75, 3.05) is 0 Å². The Morgan fingerprint density at radius 3 is 2.39 bits per heavy atom. The molecule has 2 aromatic rings. The number of primary sulfonamides is 1. The number of benzene rings is 1. The van der Waals surface area contributed by atoms with E-state index >= 15 is 0 Å². The number of rotatable bonds is 5. The Balaban J connectivity index is 1.99. The van der Waals surface area contributed by atoms with Crippen LogP contribution in [0.2, 0.25) is 0 Å². The fourth-order valence-electron chi connectivity index (χ4n) is 1.99. The van der Waals surface area contributed by atoms with E-state index in [2.05, 4.69) is 5.32 Å². The van der Waals surface area contributed by atoms with E-state index in [1.54, 1.807) is 31.2 Å². The van der Waals surface area contributed by atoms with Gasteiger partial charge < -0.3 is 9.73 Å². The van der Waals surface area contributed by atoms with Crippen molar-refractivity contribution in [2.45, 2.75) is 24.8 Å². The van der Waals surface area contributed by atoms with E-state index in [4.69, 9.17) is 9.56 Å². The van der Waals surface area contributed by atoms with Gasteiger partial charge in [0.2, 0.25) is 15.9 Å². The Labute approximate surface area is 135 Å². The van der Waals surface area contributed by atoms with Crippen molar-refractivity contribution in [1.82, 2.24) is 5.32 Å². The van der Waals surface area contributed by atoms with Crippen LogP contribution in [0.25, 0.3) is 6.08 Å². The minimum atomic E-state index is -3.71. The molecule has 0 saturated heterocycles. The van der Waals surface area contributed by atoms with E-state index in [1.807, 2.05) is 13.0 Å². The van der Waals surface area contributed by atoms with Gasteiger partial charge in [-0.1, -0.05) is 12.1 Å². The molecule has 1 amide bonds. The van der Waals surface area contributed by atoms with Crippen LogP contribution in [0, 0.1) is 6.92 Å². The highest BCUT2D eigenvalue weighted by Crippen LogP contribution is 2.15. The molecule has 2 rings (SSSR count). The normalized spacial score (nSPS) is 13.2. The topological polar surface area (TPSA) is 102 Å². The highest BCUT2D eigenvalue weighted by atomic mass is 32.2. The van der Waals surface area contributed by atoms with Crippen LogP contribution in [-0.4, -0.2) is 14.3 Å². The molecule has 0 saturated carbocycles. The number of hydrogen-bond acceptors (Lipinski definition) is 4. The van der Waals surface area contributed by atoms with Crippen LogP contribution in [0.4, 0.5) is 0 Å². The maximum Gasteiger partial charge on any atom is 0.244 e. The number of carbonyl (C=O) groups excluding carboxylic acids is 1. The predicted octanol–water partition coefficient (Wildman–Crippen LogP) is 2.13. The van der Waals surface area contributed by atoms with Gasteiger partial charge in [0, 0.05) is 6.08 Å². The van der Waals surface area contributed by atoms with Gasteiger partial charge in [0.15, 0.2) is 0 Å². The fourth-order valence-corrected chi connectivity index (χ4v) is 2.51. The third-order valence-electron chi connectivity index (χ3n) is 3.23. The molecule has 0 spiro atoms. The number of nitrogens with two attached hydrogens (primary N) is 1. The van der Waals surface area contributed by atoms with Crippen LogP contribution in [0.5, 0.6) is 0 Å². The average Bonchev–Trinajstić information content (AvgIpc) is 2.90. The lowest BCUT2D eigenvalue weighted by atomic mass is 10.1. The molecule has 0 aliphatic heterocycles. The van der Waals surface area contributed by atoms with Gasteiger partial charge in [-0.05, 0) is 49.8 Å². The van der Waals surface area contributed by atoms with Crippen molar-refractivity contribution in [1.29, 1.82) is 0 Å². The maximum atomic E-state index is 11.9. The second kappa shape index (κ2) is 6.80. The highest BCUT2D eigenvalue weighted by molar-refractivity contribution is 7.89. The summed E-state index contributed by atoms with van der Waals surface area (Å²) in [6.45, 7) is 3.62. The van der Waals surface area contributed by atoms with Crippen molar-refractivity contribution in [3.8, 4) is 0 Å². The molecule has 122 valence electrons. The molecular weight excluding hydrogens is 316 g/mol. The molecule has 1 aromatic heterocycles. The van der Waals surface area contributed by atoms with Crippen molar-refractivity contribution in [2.24, 2.45) is 5.14 Å². The van der Waals surface area contributed by atoms with Gasteiger partial charge in [-0.3, -0.25) is 4.79 Å². The maximum absolute atomic E-state index is 11.9. The Hall–Kier alpha value is -2.38. The van der Waals surface area contributed by atoms with E-state index in [-0.39, 0.29) is 16.8 Å². The fraction of sp³-hybridized carbons (Fsp3) is 0.188. The van der Waals surface area contributed by atoms with Crippen LogP contribution in [0.1, 0.15) is 30.0 Å². The summed E-state index contributed by atoms with van der Waals surface area (Å²) in [6, 6.07) is 9.36. The van der Waals surface area contributed by atoms with Gasteiger partial charge in [0.05, 0.1) is 10.9 Å². The Morgan fingerprint density at radius 1 is 1.22 bits per heavy atom. The molecule has 3 N–H and O–H groups in total. The van der Waals surface area contributed by atoms with E-state index in [9.17, 15) is 13.2 Å². The number of nitrogens with one attached hydrogen (secondary N) is 1. The van der Waals surface area contributed by atoms with Gasteiger partial charge in [-0.25, -0.2) is 13.6 Å². The SMILES string of the molecule is Cc1ccc(/C=C/C(=O)NC(C)c2ccc(S(N)(=O)=O)cc2)o1. The van der Waals surface area contributed by atoms with Gasteiger partial charge in [-0.15, -0.1) is 0 Å².